The highest BCUT2D eigenvalue weighted by atomic mass is 79.9. The molecule has 0 aliphatic carbocycles. The average molecular weight is 470 g/mol. The van der Waals surface area contributed by atoms with E-state index in [1.54, 1.807) is 0 Å². The highest BCUT2D eigenvalue weighted by molar-refractivity contribution is 9.09. The van der Waals surface area contributed by atoms with E-state index >= 15 is 0 Å². The molecule has 0 spiro atoms. The van der Waals surface area contributed by atoms with Crippen molar-refractivity contribution in [3.8, 4) is 0 Å². The van der Waals surface area contributed by atoms with Crippen molar-refractivity contribution in [1.29, 1.82) is 0 Å². The van der Waals surface area contributed by atoms with Crippen LogP contribution in [0.3, 0.4) is 0 Å². The molecule has 0 aromatic rings. The number of Topliss-reactive ketones (excluding diaryl/α,β-unsaturated/α-hetero) is 2. The SMILES string of the molecule is NC(CCC(=O)NC(CSCC(=O)C(=O)CBr)C(=O)NCC(=O)O)C(=O)O. The quantitative estimate of drug-likeness (QED) is 0.142. The number of hydrogen-bond donors (Lipinski definition) is 5. The Morgan fingerprint density at radius 3 is 2.22 bits per heavy atom. The van der Waals surface area contributed by atoms with Gasteiger partial charge in [-0.3, -0.25) is 28.8 Å². The van der Waals surface area contributed by atoms with Gasteiger partial charge in [-0.25, -0.2) is 0 Å². The molecule has 0 heterocycles. The molecule has 0 aliphatic rings. The van der Waals surface area contributed by atoms with Crippen LogP contribution in [0.1, 0.15) is 12.8 Å². The maximum absolute atomic E-state index is 12.0. The second-order valence-corrected chi connectivity index (χ2v) is 6.80. The Hall–Kier alpha value is -1.99. The van der Waals surface area contributed by atoms with Crippen molar-refractivity contribution in [2.75, 3.05) is 23.4 Å². The summed E-state index contributed by atoms with van der Waals surface area (Å²) in [7, 11) is 0. The van der Waals surface area contributed by atoms with E-state index in [9.17, 15) is 28.8 Å². The topological polar surface area (TPSA) is 193 Å². The summed E-state index contributed by atoms with van der Waals surface area (Å²) in [5.74, 6) is -5.63. The van der Waals surface area contributed by atoms with Gasteiger partial charge in [0.1, 0.15) is 18.6 Å². The summed E-state index contributed by atoms with van der Waals surface area (Å²) in [5.41, 5.74) is 5.29. The van der Waals surface area contributed by atoms with Crippen LogP contribution in [0.4, 0.5) is 0 Å². The molecule has 27 heavy (non-hydrogen) atoms. The first-order valence-electron chi connectivity index (χ1n) is 7.55. The maximum Gasteiger partial charge on any atom is 0.322 e. The van der Waals surface area contributed by atoms with Crippen LogP contribution in [-0.4, -0.2) is 81.0 Å². The molecule has 0 aliphatic heterocycles. The second-order valence-electron chi connectivity index (χ2n) is 5.21. The molecule has 0 saturated heterocycles. The van der Waals surface area contributed by atoms with Crippen molar-refractivity contribution < 1.29 is 39.0 Å². The minimum absolute atomic E-state index is 0.0938. The number of nitrogens with two attached hydrogens (primary N) is 1. The zero-order valence-corrected chi connectivity index (χ0v) is 16.5. The summed E-state index contributed by atoms with van der Waals surface area (Å²) >= 11 is 3.77. The van der Waals surface area contributed by atoms with Gasteiger partial charge in [0.05, 0.1) is 11.1 Å². The number of carboxylic acids is 2. The predicted octanol–water partition coefficient (Wildman–Crippen LogP) is -1.87. The van der Waals surface area contributed by atoms with Crippen molar-refractivity contribution >= 4 is 63.0 Å². The third kappa shape index (κ3) is 11.4. The predicted molar refractivity (Wildman–Crippen MR) is 98.6 cm³/mol. The van der Waals surface area contributed by atoms with E-state index in [2.05, 4.69) is 26.6 Å². The van der Waals surface area contributed by atoms with Gasteiger partial charge in [0.15, 0.2) is 0 Å². The molecule has 2 amide bonds. The van der Waals surface area contributed by atoms with Crippen molar-refractivity contribution in [1.82, 2.24) is 10.6 Å². The van der Waals surface area contributed by atoms with E-state index in [0.29, 0.717) is 0 Å². The fourth-order valence-electron chi connectivity index (χ4n) is 1.57. The number of carboxylic acid groups (broad SMARTS) is 2. The number of rotatable bonds is 14. The van der Waals surface area contributed by atoms with E-state index < -0.39 is 53.9 Å². The Kier molecular flexibility index (Phi) is 12.2. The van der Waals surface area contributed by atoms with Gasteiger partial charge in [-0.05, 0) is 6.42 Å². The summed E-state index contributed by atoms with van der Waals surface area (Å²) in [6.45, 7) is -0.666. The molecule has 0 aromatic heterocycles. The second kappa shape index (κ2) is 13.2. The van der Waals surface area contributed by atoms with Crippen molar-refractivity contribution in [3.63, 3.8) is 0 Å². The Morgan fingerprint density at radius 1 is 1.07 bits per heavy atom. The number of halogens is 1. The minimum atomic E-state index is -1.29. The van der Waals surface area contributed by atoms with Gasteiger partial charge < -0.3 is 26.6 Å². The standard InChI is InChI=1S/C14H20BrN3O8S/c15-3-9(19)10(20)6-27-5-8(13(24)17-4-12(22)23)18-11(21)2-1-7(16)14(25)26/h7-8H,1-6,16H2,(H,17,24)(H,18,21)(H,22,23)(H,25,26). The molecule has 0 saturated carbocycles. The molecule has 0 fully saturated rings. The molecule has 0 bridgehead atoms. The number of amides is 2. The lowest BCUT2D eigenvalue weighted by Crippen LogP contribution is -2.49. The lowest BCUT2D eigenvalue weighted by molar-refractivity contribution is -0.139. The number of thioether (sulfide) groups is 1. The molecule has 152 valence electrons. The summed E-state index contributed by atoms with van der Waals surface area (Å²) in [4.78, 5) is 67.7. The van der Waals surface area contributed by atoms with E-state index in [4.69, 9.17) is 15.9 Å². The molecule has 0 aromatic carbocycles. The number of alkyl halides is 1. The van der Waals surface area contributed by atoms with Crippen LogP contribution in [0, 0.1) is 0 Å². The number of hydrogen-bond acceptors (Lipinski definition) is 8. The number of nitrogens with one attached hydrogen (secondary N) is 2. The molecule has 2 unspecified atom stereocenters. The van der Waals surface area contributed by atoms with Gasteiger partial charge in [0.2, 0.25) is 23.4 Å². The Labute approximate surface area is 166 Å². The Balaban J connectivity index is 4.72. The van der Waals surface area contributed by atoms with Crippen LogP contribution in [0.5, 0.6) is 0 Å². The van der Waals surface area contributed by atoms with E-state index in [-0.39, 0.29) is 29.7 Å². The highest BCUT2D eigenvalue weighted by Gasteiger charge is 2.23. The van der Waals surface area contributed by atoms with Crippen LogP contribution in [-0.2, 0) is 28.8 Å². The van der Waals surface area contributed by atoms with Crippen molar-refractivity contribution in [2.45, 2.75) is 24.9 Å². The number of carbonyl (C=O) groups is 6. The van der Waals surface area contributed by atoms with Gasteiger partial charge in [0, 0.05) is 12.2 Å². The first-order chi connectivity index (χ1) is 12.6. The van der Waals surface area contributed by atoms with Gasteiger partial charge in [-0.15, -0.1) is 0 Å². The molecule has 0 radical (unpaired) electrons. The molecule has 11 nitrogen and oxygen atoms in total. The zero-order chi connectivity index (χ0) is 21.0. The minimum Gasteiger partial charge on any atom is -0.480 e. The molecule has 2 atom stereocenters. The zero-order valence-electron chi connectivity index (χ0n) is 14.1. The van der Waals surface area contributed by atoms with E-state index in [1.165, 1.54) is 0 Å². The van der Waals surface area contributed by atoms with Gasteiger partial charge in [-0.2, -0.15) is 11.8 Å². The fraction of sp³-hybridized carbons (Fsp3) is 0.571. The van der Waals surface area contributed by atoms with Crippen LogP contribution in [0.2, 0.25) is 0 Å². The average Bonchev–Trinajstić information content (AvgIpc) is 2.61. The summed E-state index contributed by atoms with van der Waals surface area (Å²) in [5, 5.41) is 21.6. The first kappa shape index (κ1) is 25.0. The van der Waals surface area contributed by atoms with Gasteiger partial charge in [0.25, 0.3) is 0 Å². The first-order valence-corrected chi connectivity index (χ1v) is 9.83. The molecule has 13 heteroatoms. The van der Waals surface area contributed by atoms with Crippen LogP contribution < -0.4 is 16.4 Å². The lowest BCUT2D eigenvalue weighted by atomic mass is 10.1. The van der Waals surface area contributed by atoms with Crippen molar-refractivity contribution in [3.05, 3.63) is 0 Å². The highest BCUT2D eigenvalue weighted by Crippen LogP contribution is 2.06. The van der Waals surface area contributed by atoms with Gasteiger partial charge in [-0.1, -0.05) is 15.9 Å². The lowest BCUT2D eigenvalue weighted by Gasteiger charge is -2.18. The summed E-state index contributed by atoms with van der Waals surface area (Å²) in [6.07, 6.45) is -0.419. The number of ketones is 2. The van der Waals surface area contributed by atoms with Gasteiger partial charge >= 0.3 is 11.9 Å². The molecule has 0 rings (SSSR count). The normalized spacial score (nSPS) is 12.5. The Bertz CT molecular complexity index is 601. The van der Waals surface area contributed by atoms with Crippen LogP contribution >= 0.6 is 27.7 Å². The maximum atomic E-state index is 12.0. The third-order valence-corrected chi connectivity index (χ3v) is 4.56. The number of carbonyl (C=O) groups excluding carboxylic acids is 4. The molecular formula is C14H20BrN3O8S. The largest absolute Gasteiger partial charge is 0.480 e. The van der Waals surface area contributed by atoms with E-state index in [0.717, 1.165) is 11.8 Å². The van der Waals surface area contributed by atoms with E-state index in [1.807, 2.05) is 0 Å². The monoisotopic (exact) mass is 469 g/mol. The number of aliphatic carboxylic acids is 2. The summed E-state index contributed by atoms with van der Waals surface area (Å²) in [6, 6.07) is -2.41. The van der Waals surface area contributed by atoms with Crippen LogP contribution in [0.25, 0.3) is 0 Å². The Morgan fingerprint density at radius 2 is 1.70 bits per heavy atom. The fourth-order valence-corrected chi connectivity index (χ4v) is 2.82. The molecule has 6 N–H and O–H groups in total. The summed E-state index contributed by atoms with van der Waals surface area (Å²) < 4.78 is 0. The van der Waals surface area contributed by atoms with Crippen LogP contribution in [0.15, 0.2) is 0 Å². The molecular weight excluding hydrogens is 450 g/mol. The smallest absolute Gasteiger partial charge is 0.322 e. The third-order valence-electron chi connectivity index (χ3n) is 3.02. The van der Waals surface area contributed by atoms with Crippen molar-refractivity contribution in [2.24, 2.45) is 5.73 Å².